The van der Waals surface area contributed by atoms with Gasteiger partial charge in [0.1, 0.15) is 0 Å². The van der Waals surface area contributed by atoms with E-state index < -0.39 is 0 Å². The summed E-state index contributed by atoms with van der Waals surface area (Å²) >= 11 is 4.59. The van der Waals surface area contributed by atoms with E-state index in [1.807, 2.05) is 0 Å². The lowest BCUT2D eigenvalue weighted by Gasteiger charge is -2.30. The first kappa shape index (κ1) is 29.2. The largest absolute Gasteiger partial charge is 0.310 e. The molecule has 0 saturated heterocycles. The van der Waals surface area contributed by atoms with Crippen LogP contribution < -0.4 is 4.90 Å². The van der Waals surface area contributed by atoms with Crippen molar-refractivity contribution in [3.8, 4) is 11.1 Å². The van der Waals surface area contributed by atoms with E-state index in [9.17, 15) is 0 Å². The van der Waals surface area contributed by atoms with Gasteiger partial charge in [-0.2, -0.15) is 0 Å². The topological polar surface area (TPSA) is 3.24 Å². The van der Waals surface area contributed by atoms with Crippen LogP contribution in [0.25, 0.3) is 43.4 Å². The number of thiol groups is 1. The fraction of sp³-hybridized carbons (Fsp3) is 0.163. The smallest absolute Gasteiger partial charge is 0.0540 e. The van der Waals surface area contributed by atoms with Crippen LogP contribution in [0.3, 0.4) is 0 Å². The Bertz CT molecular complexity index is 2170. The molecule has 0 N–H and O–H groups in total. The van der Waals surface area contributed by atoms with Gasteiger partial charge in [0.2, 0.25) is 0 Å². The highest BCUT2D eigenvalue weighted by Crippen LogP contribution is 2.48. The van der Waals surface area contributed by atoms with Gasteiger partial charge in [-0.15, -0.1) is 12.6 Å². The highest BCUT2D eigenvalue weighted by molar-refractivity contribution is 7.80. The zero-order valence-corrected chi connectivity index (χ0v) is 27.6. The molecule has 2 heteroatoms. The van der Waals surface area contributed by atoms with E-state index in [1.54, 1.807) is 0 Å². The zero-order valence-electron chi connectivity index (χ0n) is 26.7. The van der Waals surface area contributed by atoms with E-state index in [2.05, 4.69) is 186 Å². The molecule has 0 unspecified atom stereocenters. The van der Waals surface area contributed by atoms with Crippen molar-refractivity contribution in [1.29, 1.82) is 0 Å². The molecule has 0 radical (unpaired) electrons. The molecule has 0 saturated carbocycles. The van der Waals surface area contributed by atoms with Crippen LogP contribution in [0.5, 0.6) is 0 Å². The van der Waals surface area contributed by atoms with Crippen molar-refractivity contribution in [2.24, 2.45) is 0 Å². The molecule has 0 aromatic heterocycles. The number of rotatable bonds is 5. The molecule has 7 aromatic rings. The average molecular weight is 602 g/mol. The van der Waals surface area contributed by atoms with Gasteiger partial charge in [-0.1, -0.05) is 126 Å². The Morgan fingerprint density at radius 1 is 0.511 bits per heavy atom. The van der Waals surface area contributed by atoms with Crippen LogP contribution >= 0.6 is 12.6 Å². The van der Waals surface area contributed by atoms with E-state index in [-0.39, 0.29) is 5.41 Å². The third-order valence-corrected chi connectivity index (χ3v) is 9.32. The first-order valence-electron chi connectivity index (χ1n) is 15.9. The van der Waals surface area contributed by atoms with E-state index in [1.165, 1.54) is 54.6 Å². The molecular weight excluding hydrogens is 563 g/mol. The second-order valence-electron chi connectivity index (χ2n) is 13.4. The lowest BCUT2D eigenvalue weighted by Crippen LogP contribution is -2.14. The minimum Gasteiger partial charge on any atom is -0.310 e. The van der Waals surface area contributed by atoms with Crippen molar-refractivity contribution < 1.29 is 0 Å². The summed E-state index contributed by atoms with van der Waals surface area (Å²) < 4.78 is 0. The molecule has 0 fully saturated rings. The monoisotopic (exact) mass is 601 g/mol. The lowest BCUT2D eigenvalue weighted by molar-refractivity contribution is 0.598. The standard InChI is InChI=1S/C43H39NS/c1-28(2)29-18-20-30(21-19-29)44(31-22-24-32(45)25-23-31)40-27-26-38(35-14-6-9-15-36(35)40)41-37-16-10-7-12-33(37)34-13-8-11-17-39(34)42(41)43(3,4)5/h6-28,45H,1-5H3. The summed E-state index contributed by atoms with van der Waals surface area (Å²) in [5.74, 6) is 0.477. The molecule has 0 bridgehead atoms. The molecule has 0 aliphatic heterocycles. The van der Waals surface area contributed by atoms with Crippen molar-refractivity contribution in [3.05, 3.63) is 145 Å². The van der Waals surface area contributed by atoms with Crippen LogP contribution in [0.1, 0.15) is 51.7 Å². The Kier molecular flexibility index (Phi) is 7.42. The number of fused-ring (bicyclic) bond motifs is 4. The highest BCUT2D eigenvalue weighted by Gasteiger charge is 2.26. The van der Waals surface area contributed by atoms with Gasteiger partial charge >= 0.3 is 0 Å². The third kappa shape index (κ3) is 5.18. The lowest BCUT2D eigenvalue weighted by atomic mass is 9.75. The van der Waals surface area contributed by atoms with Gasteiger partial charge in [-0.05, 0) is 103 Å². The second-order valence-corrected chi connectivity index (χ2v) is 13.9. The maximum absolute atomic E-state index is 4.59. The van der Waals surface area contributed by atoms with Gasteiger partial charge in [0, 0.05) is 21.7 Å². The van der Waals surface area contributed by atoms with Gasteiger partial charge < -0.3 is 4.90 Å². The highest BCUT2D eigenvalue weighted by atomic mass is 32.1. The summed E-state index contributed by atoms with van der Waals surface area (Å²) in [6.45, 7) is 11.5. The Balaban J connectivity index is 1.55. The minimum absolute atomic E-state index is 0.0719. The fourth-order valence-electron chi connectivity index (χ4n) is 6.93. The quantitative estimate of drug-likeness (QED) is 0.152. The number of hydrogen-bond acceptors (Lipinski definition) is 2. The van der Waals surface area contributed by atoms with E-state index >= 15 is 0 Å². The maximum atomic E-state index is 4.59. The first-order chi connectivity index (χ1) is 21.7. The predicted octanol–water partition coefficient (Wildman–Crippen LogP) is 13.0. The van der Waals surface area contributed by atoms with E-state index in [0.717, 1.165) is 22.0 Å². The first-order valence-corrected chi connectivity index (χ1v) is 16.3. The second kappa shape index (κ2) is 11.4. The van der Waals surface area contributed by atoms with Crippen molar-refractivity contribution in [2.45, 2.75) is 50.8 Å². The Morgan fingerprint density at radius 2 is 1.00 bits per heavy atom. The molecule has 45 heavy (non-hydrogen) atoms. The van der Waals surface area contributed by atoms with Gasteiger partial charge in [0.15, 0.2) is 0 Å². The molecule has 7 rings (SSSR count). The van der Waals surface area contributed by atoms with E-state index in [0.29, 0.717) is 5.92 Å². The molecule has 1 nitrogen and oxygen atoms in total. The summed E-state index contributed by atoms with van der Waals surface area (Å²) in [5.41, 5.74) is 8.64. The van der Waals surface area contributed by atoms with E-state index in [4.69, 9.17) is 0 Å². The molecule has 222 valence electrons. The molecule has 0 aliphatic carbocycles. The fourth-order valence-corrected chi connectivity index (χ4v) is 7.08. The molecule has 0 aliphatic rings. The van der Waals surface area contributed by atoms with Crippen LogP contribution in [-0.4, -0.2) is 0 Å². The summed E-state index contributed by atoms with van der Waals surface area (Å²) in [4.78, 5) is 3.33. The van der Waals surface area contributed by atoms with Crippen LogP contribution in [-0.2, 0) is 5.41 Å². The number of anilines is 3. The summed E-state index contributed by atoms with van der Waals surface area (Å²) in [6.07, 6.45) is 0. The zero-order chi connectivity index (χ0) is 31.3. The summed E-state index contributed by atoms with van der Waals surface area (Å²) in [6, 6.07) is 48.9. The Hall–Kier alpha value is -4.53. The van der Waals surface area contributed by atoms with Crippen molar-refractivity contribution in [2.75, 3.05) is 4.90 Å². The van der Waals surface area contributed by atoms with Gasteiger partial charge in [-0.3, -0.25) is 0 Å². The van der Waals surface area contributed by atoms with Crippen LogP contribution in [0.15, 0.2) is 138 Å². The number of hydrogen-bond donors (Lipinski definition) is 1. The average Bonchev–Trinajstić information content (AvgIpc) is 3.05. The van der Waals surface area contributed by atoms with Crippen molar-refractivity contribution >= 4 is 62.0 Å². The molecule has 7 aromatic carbocycles. The molecule has 0 atom stereocenters. The number of nitrogens with zero attached hydrogens (tertiary/aromatic N) is 1. The summed E-state index contributed by atoms with van der Waals surface area (Å²) in [7, 11) is 0. The van der Waals surface area contributed by atoms with Crippen LogP contribution in [0.4, 0.5) is 17.1 Å². The third-order valence-electron chi connectivity index (χ3n) is 9.02. The minimum atomic E-state index is -0.0719. The predicted molar refractivity (Wildman–Crippen MR) is 199 cm³/mol. The van der Waals surface area contributed by atoms with Crippen molar-refractivity contribution in [1.82, 2.24) is 0 Å². The van der Waals surface area contributed by atoms with Gasteiger partial charge in [0.05, 0.1) is 5.69 Å². The molecular formula is C43H39NS. The van der Waals surface area contributed by atoms with Gasteiger partial charge in [0.25, 0.3) is 0 Å². The number of benzene rings is 7. The molecule has 0 heterocycles. The summed E-state index contributed by atoms with van der Waals surface area (Å²) in [5, 5.41) is 7.69. The van der Waals surface area contributed by atoms with Gasteiger partial charge in [-0.25, -0.2) is 0 Å². The Labute approximate surface area is 272 Å². The van der Waals surface area contributed by atoms with Crippen molar-refractivity contribution in [3.63, 3.8) is 0 Å². The SMILES string of the molecule is CC(C)c1ccc(N(c2ccc(S)cc2)c2ccc(-c3c(C(C)(C)C)c4ccccc4c4ccccc34)c3ccccc23)cc1. The molecule has 0 amide bonds. The molecule has 0 spiro atoms. The maximum Gasteiger partial charge on any atom is 0.0540 e. The van der Waals surface area contributed by atoms with Crippen LogP contribution in [0.2, 0.25) is 0 Å². The Morgan fingerprint density at radius 3 is 1.58 bits per heavy atom. The van der Waals surface area contributed by atoms with Crippen LogP contribution in [0, 0.1) is 0 Å². The normalized spacial score (nSPS) is 12.0.